The largest absolute Gasteiger partial charge is 2.00 e. The number of hydrogen-bond donors (Lipinski definition) is 1. The van der Waals surface area contributed by atoms with Crippen molar-refractivity contribution in [2.75, 3.05) is 19.7 Å². The number of nitrogens with one attached hydrogen (secondary N) is 1. The third-order valence-electron chi connectivity index (χ3n) is 1.11. The van der Waals surface area contributed by atoms with Crippen molar-refractivity contribution in [1.29, 1.82) is 0 Å². The molecule has 0 aliphatic carbocycles. The molecule has 10 heavy (non-hydrogen) atoms. The molecule has 0 bridgehead atoms. The van der Waals surface area contributed by atoms with E-state index in [1.165, 1.54) is 0 Å². The Balaban J connectivity index is -0.000000163. The number of rotatable bonds is 0. The molecule has 1 aliphatic rings. The molecule has 0 saturated carbocycles. The number of morpholine rings is 1. The van der Waals surface area contributed by atoms with Crippen LogP contribution in [0.25, 0.3) is 0 Å². The second-order valence-electron chi connectivity index (χ2n) is 1.89. The van der Waals surface area contributed by atoms with E-state index in [0.29, 0.717) is 6.10 Å². The molecule has 1 aliphatic heterocycles. The van der Waals surface area contributed by atoms with Gasteiger partial charge in [-0.3, -0.25) is 0 Å². The molecule has 0 amide bonds. The summed E-state index contributed by atoms with van der Waals surface area (Å²) in [6.07, 6.45) is 0.425. The number of halogens is 2. The Bertz CT molecular complexity index is 61.6. The van der Waals surface area contributed by atoms with Gasteiger partial charge in [0.1, 0.15) is 0 Å². The smallest absolute Gasteiger partial charge is 1.00 e. The zero-order valence-corrected chi connectivity index (χ0v) is 12.2. The summed E-state index contributed by atoms with van der Waals surface area (Å²) in [5, 5.41) is 3.21. The van der Waals surface area contributed by atoms with E-state index in [-0.39, 0.29) is 53.4 Å². The molecular weight excluding hydrogens is 315 g/mol. The molecule has 0 aromatic heterocycles. The molecule has 1 atom stereocenters. The fourth-order valence-electron chi connectivity index (χ4n) is 0.697. The monoisotopic (exact) mass is 323 g/mol. The zero-order chi connectivity index (χ0) is 5.11. The van der Waals surface area contributed by atoms with Crippen LogP contribution in [0.2, 0.25) is 0 Å². The maximum Gasteiger partial charge on any atom is 2.00 e. The van der Waals surface area contributed by atoms with Gasteiger partial charge in [0.15, 0.2) is 0 Å². The summed E-state index contributed by atoms with van der Waals surface area (Å²) < 4.78 is 5.22. The predicted octanol–water partition coefficient (Wildman–Crippen LogP) is -6.00. The van der Waals surface area contributed by atoms with Gasteiger partial charge >= 0.3 is 19.5 Å². The molecular formula is C5H11Br2NOZn. The first kappa shape index (κ1) is 17.6. The number of hydrogen-bond acceptors (Lipinski definition) is 2. The van der Waals surface area contributed by atoms with Gasteiger partial charge in [-0.05, 0) is 6.92 Å². The van der Waals surface area contributed by atoms with Crippen molar-refractivity contribution in [3.05, 3.63) is 0 Å². The van der Waals surface area contributed by atoms with Crippen LogP contribution < -0.4 is 39.3 Å². The summed E-state index contributed by atoms with van der Waals surface area (Å²) in [4.78, 5) is 0. The van der Waals surface area contributed by atoms with Gasteiger partial charge in [0.25, 0.3) is 0 Å². The van der Waals surface area contributed by atoms with Crippen molar-refractivity contribution in [2.24, 2.45) is 0 Å². The first-order chi connectivity index (χ1) is 3.39. The van der Waals surface area contributed by atoms with Crippen LogP contribution in [-0.4, -0.2) is 25.8 Å². The predicted molar refractivity (Wildman–Crippen MR) is 28.3 cm³/mol. The zero-order valence-electron chi connectivity index (χ0n) is 6.07. The summed E-state index contributed by atoms with van der Waals surface area (Å²) in [7, 11) is 0. The minimum absolute atomic E-state index is 0. The van der Waals surface area contributed by atoms with Crippen molar-refractivity contribution in [1.82, 2.24) is 5.32 Å². The minimum atomic E-state index is 0. The molecule has 1 saturated heterocycles. The summed E-state index contributed by atoms with van der Waals surface area (Å²) in [5.74, 6) is 0. The van der Waals surface area contributed by atoms with Gasteiger partial charge in [0.05, 0.1) is 12.7 Å². The third-order valence-corrected chi connectivity index (χ3v) is 1.11. The van der Waals surface area contributed by atoms with Gasteiger partial charge in [-0.2, -0.15) is 0 Å². The molecule has 1 heterocycles. The van der Waals surface area contributed by atoms with Crippen LogP contribution >= 0.6 is 0 Å². The fourth-order valence-corrected chi connectivity index (χ4v) is 0.697. The summed E-state index contributed by atoms with van der Waals surface area (Å²) >= 11 is 0. The third kappa shape index (κ3) is 7.61. The van der Waals surface area contributed by atoms with Gasteiger partial charge in [-0.1, -0.05) is 0 Å². The first-order valence-electron chi connectivity index (χ1n) is 2.72. The van der Waals surface area contributed by atoms with E-state index >= 15 is 0 Å². The van der Waals surface area contributed by atoms with Gasteiger partial charge in [0, 0.05) is 13.1 Å². The maximum atomic E-state index is 5.22. The van der Waals surface area contributed by atoms with E-state index in [1.54, 1.807) is 0 Å². The molecule has 2 nitrogen and oxygen atoms in total. The molecule has 1 rings (SSSR count). The number of ether oxygens (including phenoxy) is 1. The Labute approximate surface area is 95.8 Å². The van der Waals surface area contributed by atoms with E-state index in [9.17, 15) is 0 Å². The summed E-state index contributed by atoms with van der Waals surface area (Å²) in [6.45, 7) is 4.98. The Morgan fingerprint density at radius 3 is 2.20 bits per heavy atom. The van der Waals surface area contributed by atoms with E-state index in [0.717, 1.165) is 19.7 Å². The second kappa shape index (κ2) is 10.5. The van der Waals surface area contributed by atoms with E-state index in [2.05, 4.69) is 12.2 Å². The Hall–Kier alpha value is 1.50. The van der Waals surface area contributed by atoms with Gasteiger partial charge in [-0.25, -0.2) is 0 Å². The quantitative estimate of drug-likeness (QED) is 0.448. The normalized spacial score (nSPS) is 23.1. The van der Waals surface area contributed by atoms with Crippen molar-refractivity contribution in [3.63, 3.8) is 0 Å². The van der Waals surface area contributed by atoms with Gasteiger partial charge in [0.2, 0.25) is 0 Å². The average molecular weight is 326 g/mol. The molecule has 1 N–H and O–H groups in total. The molecule has 5 heteroatoms. The van der Waals surface area contributed by atoms with Crippen molar-refractivity contribution in [3.8, 4) is 0 Å². The molecule has 1 fully saturated rings. The van der Waals surface area contributed by atoms with Crippen LogP contribution in [0, 0.1) is 0 Å². The molecule has 0 aromatic rings. The van der Waals surface area contributed by atoms with Crippen molar-refractivity contribution in [2.45, 2.75) is 13.0 Å². The fraction of sp³-hybridized carbons (Fsp3) is 1.00. The van der Waals surface area contributed by atoms with Crippen LogP contribution in [0.1, 0.15) is 6.92 Å². The van der Waals surface area contributed by atoms with Crippen LogP contribution in [0.3, 0.4) is 0 Å². The van der Waals surface area contributed by atoms with E-state index in [4.69, 9.17) is 4.74 Å². The van der Waals surface area contributed by atoms with Crippen molar-refractivity contribution < 1.29 is 58.2 Å². The first-order valence-corrected chi connectivity index (χ1v) is 2.72. The minimum Gasteiger partial charge on any atom is -1.00 e. The molecule has 1 unspecified atom stereocenters. The van der Waals surface area contributed by atoms with Gasteiger partial charge in [-0.15, -0.1) is 0 Å². The second-order valence-corrected chi connectivity index (χ2v) is 1.89. The summed E-state index contributed by atoms with van der Waals surface area (Å²) in [5.41, 5.74) is 0. The average Bonchev–Trinajstić information content (AvgIpc) is 1.69. The van der Waals surface area contributed by atoms with Crippen molar-refractivity contribution >= 4 is 0 Å². The molecule has 0 aromatic carbocycles. The maximum absolute atomic E-state index is 5.22. The topological polar surface area (TPSA) is 21.3 Å². The molecule has 0 radical (unpaired) electrons. The van der Waals surface area contributed by atoms with Crippen LogP contribution in [0.5, 0.6) is 0 Å². The van der Waals surface area contributed by atoms with Gasteiger partial charge < -0.3 is 44.0 Å². The standard InChI is InChI=1S/C5H11NO.2BrH.Zn/c1-5-4-6-2-3-7-5;;;/h5-6H,2-4H2,1H3;2*1H;/q;;;+2/p-2. The Morgan fingerprint density at radius 1 is 1.40 bits per heavy atom. The summed E-state index contributed by atoms with van der Waals surface area (Å²) in [6, 6.07) is 0. The van der Waals surface area contributed by atoms with E-state index in [1.807, 2.05) is 0 Å². The van der Waals surface area contributed by atoms with Crippen LogP contribution in [0.4, 0.5) is 0 Å². The van der Waals surface area contributed by atoms with E-state index < -0.39 is 0 Å². The SMILES string of the molecule is CC1CNCCO1.[Br-].[Br-].[Zn+2]. The Morgan fingerprint density at radius 2 is 2.00 bits per heavy atom. The Kier molecular flexibility index (Phi) is 18.4. The van der Waals surface area contributed by atoms with Crippen LogP contribution in [-0.2, 0) is 24.2 Å². The molecule has 58 valence electrons. The molecule has 0 spiro atoms. The van der Waals surface area contributed by atoms with Crippen LogP contribution in [0.15, 0.2) is 0 Å².